The van der Waals surface area contributed by atoms with E-state index in [0.29, 0.717) is 43.3 Å². The van der Waals surface area contributed by atoms with Gasteiger partial charge in [-0.15, -0.1) is 0 Å². The number of carbonyl (C=O) groups is 2. The van der Waals surface area contributed by atoms with Gasteiger partial charge in [0.25, 0.3) is 5.91 Å². The maximum atomic E-state index is 13.0. The molecular weight excluding hydrogens is 430 g/mol. The van der Waals surface area contributed by atoms with E-state index in [1.54, 1.807) is 29.2 Å². The third-order valence-corrected chi connectivity index (χ3v) is 5.96. The fourth-order valence-electron chi connectivity index (χ4n) is 4.07. The maximum Gasteiger partial charge on any atom is 0.338 e. The first kappa shape index (κ1) is 22.9. The molecule has 172 valence electrons. The number of carbonyl (C=O) groups excluding carboxylic acids is 2. The van der Waals surface area contributed by atoms with Crippen LogP contribution in [0.4, 0.5) is 5.69 Å². The smallest absolute Gasteiger partial charge is 0.338 e. The van der Waals surface area contributed by atoms with Gasteiger partial charge in [-0.25, -0.2) is 4.79 Å². The van der Waals surface area contributed by atoms with Crippen molar-refractivity contribution in [2.45, 2.75) is 6.92 Å². The van der Waals surface area contributed by atoms with E-state index in [4.69, 9.17) is 9.15 Å². The lowest BCUT2D eigenvalue weighted by atomic mass is 10.0. The largest absolute Gasteiger partial charge is 0.465 e. The summed E-state index contributed by atoms with van der Waals surface area (Å²) in [7, 11) is 1.34. The van der Waals surface area contributed by atoms with Crippen LogP contribution in [0.15, 0.2) is 70.7 Å². The molecule has 4 rings (SSSR count). The summed E-state index contributed by atoms with van der Waals surface area (Å²) in [5.74, 6) is 0.203. The molecule has 1 aliphatic heterocycles. The molecule has 2 heterocycles. The molecule has 0 spiro atoms. The van der Waals surface area contributed by atoms with Crippen LogP contribution in [0.1, 0.15) is 21.7 Å². The summed E-state index contributed by atoms with van der Waals surface area (Å²) in [5, 5.41) is 9.64. The van der Waals surface area contributed by atoms with E-state index in [9.17, 15) is 14.9 Å². The number of nitriles is 1. The van der Waals surface area contributed by atoms with Crippen molar-refractivity contribution in [3.63, 3.8) is 0 Å². The molecule has 0 N–H and O–H groups in total. The third-order valence-electron chi connectivity index (χ3n) is 5.96. The highest BCUT2D eigenvalue weighted by atomic mass is 16.5. The van der Waals surface area contributed by atoms with Crippen LogP contribution in [0.2, 0.25) is 0 Å². The van der Waals surface area contributed by atoms with Gasteiger partial charge in [0.05, 0.1) is 12.7 Å². The van der Waals surface area contributed by atoms with Crippen molar-refractivity contribution >= 4 is 23.6 Å². The second-order valence-corrected chi connectivity index (χ2v) is 7.96. The summed E-state index contributed by atoms with van der Waals surface area (Å²) in [6.45, 7) is 4.30. The molecule has 0 bridgehead atoms. The Morgan fingerprint density at radius 2 is 1.74 bits per heavy atom. The Bertz CT molecular complexity index is 1260. The van der Waals surface area contributed by atoms with E-state index in [1.807, 2.05) is 37.3 Å². The molecule has 7 nitrogen and oxygen atoms in total. The first-order chi connectivity index (χ1) is 16.5. The van der Waals surface area contributed by atoms with Crippen LogP contribution in [0.25, 0.3) is 17.4 Å². The summed E-state index contributed by atoms with van der Waals surface area (Å²) in [6, 6.07) is 20.8. The molecule has 1 aromatic heterocycles. The molecular formula is C27H25N3O4. The molecule has 1 fully saturated rings. The van der Waals surface area contributed by atoms with Crippen LogP contribution in [0.3, 0.4) is 0 Å². The Labute approximate surface area is 198 Å². The number of amides is 1. The molecule has 0 unspecified atom stereocenters. The summed E-state index contributed by atoms with van der Waals surface area (Å²) in [4.78, 5) is 28.9. The van der Waals surface area contributed by atoms with Gasteiger partial charge in [0.15, 0.2) is 0 Å². The molecule has 0 radical (unpaired) electrons. The molecule has 1 amide bonds. The monoisotopic (exact) mass is 455 g/mol. The van der Waals surface area contributed by atoms with Gasteiger partial charge in [-0.2, -0.15) is 5.26 Å². The number of esters is 1. The lowest BCUT2D eigenvalue weighted by Crippen LogP contribution is -2.49. The predicted octanol–water partition coefficient (Wildman–Crippen LogP) is 4.30. The number of rotatable bonds is 5. The van der Waals surface area contributed by atoms with Gasteiger partial charge in [-0.05, 0) is 42.8 Å². The highest BCUT2D eigenvalue weighted by molar-refractivity contribution is 6.01. The average Bonchev–Trinajstić information content (AvgIpc) is 3.35. The van der Waals surface area contributed by atoms with E-state index >= 15 is 0 Å². The van der Waals surface area contributed by atoms with E-state index < -0.39 is 5.97 Å². The number of methoxy groups -OCH3 is 1. The fourth-order valence-corrected chi connectivity index (χ4v) is 4.07. The average molecular weight is 456 g/mol. The predicted molar refractivity (Wildman–Crippen MR) is 129 cm³/mol. The molecule has 7 heteroatoms. The number of ether oxygens (including phenoxy) is 1. The highest BCUT2D eigenvalue weighted by Gasteiger charge is 2.24. The van der Waals surface area contributed by atoms with Gasteiger partial charge in [0.2, 0.25) is 0 Å². The van der Waals surface area contributed by atoms with E-state index in [1.165, 1.54) is 13.2 Å². The summed E-state index contributed by atoms with van der Waals surface area (Å²) >= 11 is 0. The Kier molecular flexibility index (Phi) is 6.79. The lowest BCUT2D eigenvalue weighted by molar-refractivity contribution is -0.126. The van der Waals surface area contributed by atoms with Crippen molar-refractivity contribution in [3.8, 4) is 17.4 Å². The quantitative estimate of drug-likeness (QED) is 0.324. The van der Waals surface area contributed by atoms with Crippen LogP contribution < -0.4 is 4.90 Å². The maximum absolute atomic E-state index is 13.0. The first-order valence-electron chi connectivity index (χ1n) is 11.0. The van der Waals surface area contributed by atoms with Gasteiger partial charge in [-0.1, -0.05) is 30.3 Å². The number of para-hydroxylation sites is 1. The molecule has 1 aliphatic rings. The number of piperazine rings is 1. The molecule has 34 heavy (non-hydrogen) atoms. The topological polar surface area (TPSA) is 86.8 Å². The van der Waals surface area contributed by atoms with Gasteiger partial charge in [-0.3, -0.25) is 4.79 Å². The summed E-state index contributed by atoms with van der Waals surface area (Å²) in [5.41, 5.74) is 3.07. The lowest BCUT2D eigenvalue weighted by Gasteiger charge is -2.36. The molecule has 0 saturated carbocycles. The van der Waals surface area contributed by atoms with Crippen LogP contribution in [0, 0.1) is 18.3 Å². The Morgan fingerprint density at radius 3 is 2.41 bits per heavy atom. The zero-order valence-corrected chi connectivity index (χ0v) is 19.2. The number of benzene rings is 2. The summed E-state index contributed by atoms with van der Waals surface area (Å²) in [6.07, 6.45) is 1.47. The second-order valence-electron chi connectivity index (χ2n) is 7.96. The van der Waals surface area contributed by atoms with Crippen LogP contribution in [-0.2, 0) is 9.53 Å². The highest BCUT2D eigenvalue weighted by Crippen LogP contribution is 2.29. The number of furan rings is 1. The first-order valence-corrected chi connectivity index (χ1v) is 11.0. The van der Waals surface area contributed by atoms with Crippen LogP contribution >= 0.6 is 0 Å². The number of hydrogen-bond acceptors (Lipinski definition) is 6. The van der Waals surface area contributed by atoms with E-state index in [2.05, 4.69) is 17.0 Å². The minimum absolute atomic E-state index is 0.0223. The zero-order chi connectivity index (χ0) is 24.1. The molecule has 2 aromatic carbocycles. The van der Waals surface area contributed by atoms with Crippen molar-refractivity contribution in [1.29, 1.82) is 5.26 Å². The van der Waals surface area contributed by atoms with E-state index in [-0.39, 0.29) is 11.5 Å². The number of anilines is 1. The SMILES string of the molecule is COC(=O)c1cccc(-c2ccc(/C=C(/C#N)C(=O)N3CCN(c4ccccc4)CC3)o2)c1C. The zero-order valence-electron chi connectivity index (χ0n) is 19.2. The van der Waals surface area contributed by atoms with Gasteiger partial charge < -0.3 is 19.0 Å². The molecule has 3 aromatic rings. The van der Waals surface area contributed by atoms with Crippen molar-refractivity contribution in [1.82, 2.24) is 4.90 Å². The van der Waals surface area contributed by atoms with Gasteiger partial charge in [0, 0.05) is 43.5 Å². The van der Waals surface area contributed by atoms with E-state index in [0.717, 1.165) is 16.8 Å². The van der Waals surface area contributed by atoms with Crippen molar-refractivity contribution < 1.29 is 18.7 Å². The molecule has 1 saturated heterocycles. The molecule has 0 atom stereocenters. The molecule has 0 aliphatic carbocycles. The second kappa shape index (κ2) is 10.1. The standard InChI is InChI=1S/C27H25N3O4/c1-19-23(9-6-10-24(19)27(32)33-2)25-12-11-22(34-25)17-20(18-28)26(31)30-15-13-29(14-16-30)21-7-4-3-5-8-21/h3-12,17H,13-16H2,1-2H3/b20-17-. The van der Waals surface area contributed by atoms with Crippen molar-refractivity contribution in [2.24, 2.45) is 0 Å². The Morgan fingerprint density at radius 1 is 1.00 bits per heavy atom. The van der Waals surface area contributed by atoms with Crippen molar-refractivity contribution in [2.75, 3.05) is 38.2 Å². The normalized spacial score (nSPS) is 14.0. The van der Waals surface area contributed by atoms with Gasteiger partial charge >= 0.3 is 5.97 Å². The van der Waals surface area contributed by atoms with Crippen molar-refractivity contribution in [3.05, 3.63) is 83.1 Å². The summed E-state index contributed by atoms with van der Waals surface area (Å²) < 4.78 is 10.7. The van der Waals surface area contributed by atoms with Crippen LogP contribution in [-0.4, -0.2) is 50.1 Å². The fraction of sp³-hybridized carbons (Fsp3) is 0.222. The Hall–Kier alpha value is -4.31. The Balaban J connectivity index is 1.49. The van der Waals surface area contributed by atoms with Crippen LogP contribution in [0.5, 0.6) is 0 Å². The minimum atomic E-state index is -0.421. The number of nitrogens with zero attached hydrogens (tertiary/aromatic N) is 3. The third kappa shape index (κ3) is 4.71. The van der Waals surface area contributed by atoms with Gasteiger partial charge in [0.1, 0.15) is 23.2 Å². The number of hydrogen-bond donors (Lipinski definition) is 0. The minimum Gasteiger partial charge on any atom is -0.465 e.